The van der Waals surface area contributed by atoms with Gasteiger partial charge in [-0.25, -0.2) is 0 Å². The van der Waals surface area contributed by atoms with Gasteiger partial charge in [0.15, 0.2) is 16.7 Å². The fraction of sp³-hybridized carbons (Fsp3) is 0.182. The number of halogens is 2. The minimum absolute atomic E-state index is 0.000886. The molecule has 94 valence electrons. The summed E-state index contributed by atoms with van der Waals surface area (Å²) >= 11 is 1.25. The summed E-state index contributed by atoms with van der Waals surface area (Å²) in [5.74, 6) is -0.0197. The quantitative estimate of drug-likeness (QED) is 0.852. The van der Waals surface area contributed by atoms with Crippen molar-refractivity contribution in [1.29, 1.82) is 5.41 Å². The van der Waals surface area contributed by atoms with Gasteiger partial charge in [0.1, 0.15) is 0 Å². The average molecular weight is 270 g/mol. The van der Waals surface area contributed by atoms with Crippen LogP contribution in [0.1, 0.15) is 0 Å². The van der Waals surface area contributed by atoms with Crippen molar-refractivity contribution in [2.45, 2.75) is 6.29 Å². The van der Waals surface area contributed by atoms with Crippen LogP contribution in [0.2, 0.25) is 0 Å². The predicted molar refractivity (Wildman–Crippen MR) is 64.4 cm³/mol. The van der Waals surface area contributed by atoms with Crippen molar-refractivity contribution in [3.63, 3.8) is 0 Å². The van der Waals surface area contributed by atoms with E-state index in [1.807, 2.05) is 0 Å². The van der Waals surface area contributed by atoms with Crippen LogP contribution in [0.25, 0.3) is 0 Å². The number of nitrogens with zero attached hydrogens (tertiary/aromatic N) is 1. The van der Waals surface area contributed by atoms with Gasteiger partial charge in [0.05, 0.1) is 6.54 Å². The molecule has 0 aliphatic carbocycles. The van der Waals surface area contributed by atoms with Crippen LogP contribution in [0.3, 0.4) is 0 Å². The molecule has 0 bridgehead atoms. The van der Waals surface area contributed by atoms with E-state index in [2.05, 4.69) is 16.1 Å². The summed E-state index contributed by atoms with van der Waals surface area (Å²) < 4.78 is 34.4. The molecule has 0 unspecified atom stereocenters. The Morgan fingerprint density at radius 3 is 2.72 bits per heavy atom. The zero-order valence-electron chi connectivity index (χ0n) is 9.07. The normalized spacial score (nSPS) is 20.7. The van der Waals surface area contributed by atoms with Crippen molar-refractivity contribution >= 4 is 22.6 Å². The molecule has 0 spiro atoms. The highest BCUT2D eigenvalue weighted by molar-refractivity contribution is 8.17. The van der Waals surface area contributed by atoms with Crippen molar-refractivity contribution in [2.24, 2.45) is 0 Å². The molecule has 1 aromatic carbocycles. The van der Waals surface area contributed by atoms with E-state index in [0.29, 0.717) is 17.4 Å². The van der Waals surface area contributed by atoms with Gasteiger partial charge in [-0.05, 0) is 12.1 Å². The molecule has 7 heteroatoms. The highest BCUT2D eigenvalue weighted by atomic mass is 32.2. The molecule has 2 aliphatic rings. The van der Waals surface area contributed by atoms with Crippen LogP contribution in [0.4, 0.5) is 14.5 Å². The van der Waals surface area contributed by atoms with Crippen LogP contribution in [-0.4, -0.2) is 18.0 Å². The van der Waals surface area contributed by atoms with Crippen molar-refractivity contribution < 1.29 is 18.3 Å². The Hall–Kier alpha value is -1.76. The monoisotopic (exact) mass is 270 g/mol. The molecule has 0 atom stereocenters. The van der Waals surface area contributed by atoms with E-state index < -0.39 is 6.29 Å². The molecule has 1 fully saturated rings. The first-order valence-electron chi connectivity index (χ1n) is 5.06. The molecule has 0 radical (unpaired) electrons. The van der Waals surface area contributed by atoms with Crippen molar-refractivity contribution in [1.82, 2.24) is 0 Å². The van der Waals surface area contributed by atoms with E-state index in [1.165, 1.54) is 23.9 Å². The number of anilines is 1. The van der Waals surface area contributed by atoms with Gasteiger partial charge in [-0.1, -0.05) is 18.3 Å². The van der Waals surface area contributed by atoms with Crippen LogP contribution in [0.15, 0.2) is 29.7 Å². The summed E-state index contributed by atoms with van der Waals surface area (Å²) in [5, 5.41) is 8.07. The lowest BCUT2D eigenvalue weighted by Gasteiger charge is -2.16. The maximum Gasteiger partial charge on any atom is 0.586 e. The topological polar surface area (TPSA) is 45.6 Å². The number of hydrogen-bond donors (Lipinski definition) is 1. The zero-order chi connectivity index (χ0) is 12.9. The molecule has 1 saturated heterocycles. The summed E-state index contributed by atoms with van der Waals surface area (Å²) in [6.45, 7) is 4.27. The molecule has 2 heterocycles. The van der Waals surface area contributed by atoms with E-state index in [0.717, 1.165) is 4.91 Å². The van der Waals surface area contributed by atoms with Gasteiger partial charge < -0.3 is 14.4 Å². The van der Waals surface area contributed by atoms with E-state index in [-0.39, 0.29) is 11.5 Å². The Kier molecular flexibility index (Phi) is 2.28. The van der Waals surface area contributed by atoms with E-state index in [4.69, 9.17) is 5.41 Å². The van der Waals surface area contributed by atoms with Crippen molar-refractivity contribution in [2.75, 3.05) is 11.4 Å². The highest BCUT2D eigenvalue weighted by Gasteiger charge is 2.43. The molecule has 1 aromatic rings. The molecule has 1 N–H and O–H groups in total. The van der Waals surface area contributed by atoms with Crippen LogP contribution < -0.4 is 14.4 Å². The number of ether oxygens (including phenoxy) is 2. The molecule has 3 rings (SSSR count). The molecule has 0 amide bonds. The molecule has 2 aliphatic heterocycles. The van der Waals surface area contributed by atoms with Crippen LogP contribution >= 0.6 is 11.8 Å². The third-order valence-corrected chi connectivity index (χ3v) is 3.35. The summed E-state index contributed by atoms with van der Waals surface area (Å²) in [6, 6.07) is 4.45. The average Bonchev–Trinajstić information content (AvgIpc) is 2.74. The first-order chi connectivity index (χ1) is 8.44. The van der Waals surface area contributed by atoms with Gasteiger partial charge in [-0.2, -0.15) is 0 Å². The van der Waals surface area contributed by atoms with E-state index >= 15 is 0 Å². The zero-order valence-corrected chi connectivity index (χ0v) is 9.89. The maximum atomic E-state index is 12.9. The molecule has 0 aromatic heterocycles. The Balaban J connectivity index is 1.93. The van der Waals surface area contributed by atoms with Gasteiger partial charge in [-0.15, -0.1) is 8.78 Å². The number of benzene rings is 1. The summed E-state index contributed by atoms with van der Waals surface area (Å²) in [7, 11) is 0. The SMILES string of the molecule is C=C1CN(c2ccc3c(c2)OC(F)(F)O3)C(=N)S1. The second-order valence-electron chi connectivity index (χ2n) is 3.83. The summed E-state index contributed by atoms with van der Waals surface area (Å²) in [6.07, 6.45) is -3.61. The molecule has 4 nitrogen and oxygen atoms in total. The molecule has 18 heavy (non-hydrogen) atoms. The predicted octanol–water partition coefficient (Wildman–Crippen LogP) is 3.01. The summed E-state index contributed by atoms with van der Waals surface area (Å²) in [5.41, 5.74) is 0.603. The third-order valence-electron chi connectivity index (χ3n) is 2.52. The standard InChI is InChI=1S/C11H8F2N2O2S/c1-6-5-15(10(14)18-6)7-2-3-8-9(4-7)17-11(12,13)16-8/h2-4,14H,1,5H2. The number of fused-ring (bicyclic) bond motifs is 1. The van der Waals surface area contributed by atoms with Gasteiger partial charge in [-0.3, -0.25) is 5.41 Å². The number of amidine groups is 1. The minimum Gasteiger partial charge on any atom is -0.395 e. The molecular formula is C11H8F2N2O2S. The smallest absolute Gasteiger partial charge is 0.395 e. The van der Waals surface area contributed by atoms with E-state index in [1.54, 1.807) is 11.0 Å². The first-order valence-corrected chi connectivity index (χ1v) is 5.88. The largest absolute Gasteiger partial charge is 0.586 e. The van der Waals surface area contributed by atoms with Crippen molar-refractivity contribution in [3.05, 3.63) is 29.7 Å². The van der Waals surface area contributed by atoms with Crippen LogP contribution in [0.5, 0.6) is 11.5 Å². The molecular weight excluding hydrogens is 262 g/mol. The second kappa shape index (κ2) is 3.61. The first kappa shape index (κ1) is 11.3. The Morgan fingerprint density at radius 2 is 2.06 bits per heavy atom. The van der Waals surface area contributed by atoms with Gasteiger partial charge in [0, 0.05) is 16.7 Å². The van der Waals surface area contributed by atoms with Crippen molar-refractivity contribution in [3.8, 4) is 11.5 Å². The molecule has 0 saturated carbocycles. The highest BCUT2D eigenvalue weighted by Crippen LogP contribution is 2.44. The Labute approximate surface area is 106 Å². The van der Waals surface area contributed by atoms with Crippen LogP contribution in [-0.2, 0) is 0 Å². The minimum atomic E-state index is -3.61. The number of nitrogens with one attached hydrogen (secondary N) is 1. The Bertz CT molecular complexity index is 562. The third kappa shape index (κ3) is 1.80. The lowest BCUT2D eigenvalue weighted by atomic mass is 10.2. The van der Waals surface area contributed by atoms with Gasteiger partial charge >= 0.3 is 6.29 Å². The van der Waals surface area contributed by atoms with Gasteiger partial charge in [0.25, 0.3) is 0 Å². The fourth-order valence-corrected chi connectivity index (χ4v) is 2.53. The number of alkyl halides is 2. The Morgan fingerprint density at radius 1 is 1.33 bits per heavy atom. The second-order valence-corrected chi connectivity index (χ2v) is 5.00. The van der Waals surface area contributed by atoms with E-state index in [9.17, 15) is 8.78 Å². The fourth-order valence-electron chi connectivity index (χ4n) is 1.79. The lowest BCUT2D eigenvalue weighted by molar-refractivity contribution is -0.286. The number of thioether (sulfide) groups is 1. The van der Waals surface area contributed by atoms with Crippen LogP contribution in [0, 0.1) is 5.41 Å². The van der Waals surface area contributed by atoms with Gasteiger partial charge in [0.2, 0.25) is 0 Å². The summed E-state index contributed by atoms with van der Waals surface area (Å²) in [4.78, 5) is 2.50. The lowest BCUT2D eigenvalue weighted by Crippen LogP contribution is -2.26. The number of hydrogen-bond acceptors (Lipinski definition) is 4. The maximum absolute atomic E-state index is 12.9. The number of rotatable bonds is 1.